The van der Waals surface area contributed by atoms with Crippen LogP contribution in [0.5, 0.6) is 5.75 Å². The molecule has 1 N–H and O–H groups in total. The summed E-state index contributed by atoms with van der Waals surface area (Å²) in [7, 11) is 0. The zero-order valence-corrected chi connectivity index (χ0v) is 11.3. The van der Waals surface area contributed by atoms with Gasteiger partial charge in [-0.2, -0.15) is 5.26 Å². The number of benzene rings is 1. The Balaban J connectivity index is 1.79. The molecule has 102 valence electrons. The third-order valence-corrected chi connectivity index (χ3v) is 3.78. The van der Waals surface area contributed by atoms with Gasteiger partial charge in [0.2, 0.25) is 0 Å². The Labute approximate surface area is 118 Å². The van der Waals surface area contributed by atoms with Crippen LogP contribution in [0.3, 0.4) is 0 Å². The second kappa shape index (κ2) is 5.89. The molecule has 2 heterocycles. The van der Waals surface area contributed by atoms with E-state index in [4.69, 9.17) is 4.74 Å². The number of fused-ring (bicyclic) bond motifs is 1. The standard InChI is InChI=1S/C16H17N3O/c17-9-13-11-19-15-4-2-1-3-14(15)16(13)20-8-6-12-5-7-18-10-12/h1-4,11-12,18H,5-8,10H2. The molecule has 2 aromatic rings. The topological polar surface area (TPSA) is 57.9 Å². The van der Waals surface area contributed by atoms with E-state index in [1.165, 1.54) is 6.42 Å². The normalized spacial score (nSPS) is 18.1. The Hall–Kier alpha value is -2.12. The van der Waals surface area contributed by atoms with Crippen molar-refractivity contribution in [2.45, 2.75) is 12.8 Å². The van der Waals surface area contributed by atoms with Crippen molar-refractivity contribution in [3.63, 3.8) is 0 Å². The van der Waals surface area contributed by atoms with Crippen LogP contribution in [0.25, 0.3) is 10.9 Å². The van der Waals surface area contributed by atoms with E-state index in [9.17, 15) is 5.26 Å². The quantitative estimate of drug-likeness (QED) is 0.924. The fourth-order valence-electron chi connectivity index (χ4n) is 2.64. The lowest BCUT2D eigenvalue weighted by Crippen LogP contribution is -2.12. The van der Waals surface area contributed by atoms with Crippen LogP contribution in [0, 0.1) is 17.2 Å². The molecule has 1 aliphatic rings. The van der Waals surface area contributed by atoms with Crippen LogP contribution in [0.4, 0.5) is 0 Å². The highest BCUT2D eigenvalue weighted by Crippen LogP contribution is 2.28. The van der Waals surface area contributed by atoms with Gasteiger partial charge in [0.05, 0.1) is 12.1 Å². The summed E-state index contributed by atoms with van der Waals surface area (Å²) in [5.41, 5.74) is 1.37. The molecule has 1 aromatic carbocycles. The molecule has 0 aliphatic carbocycles. The Morgan fingerprint density at radius 2 is 2.30 bits per heavy atom. The number of para-hydroxylation sites is 1. The van der Waals surface area contributed by atoms with Gasteiger partial charge >= 0.3 is 0 Å². The van der Waals surface area contributed by atoms with Gasteiger partial charge in [-0.25, -0.2) is 0 Å². The molecule has 1 aromatic heterocycles. The maximum absolute atomic E-state index is 9.21. The van der Waals surface area contributed by atoms with E-state index in [1.54, 1.807) is 6.20 Å². The molecule has 4 nitrogen and oxygen atoms in total. The molecule has 1 saturated heterocycles. The molecule has 1 atom stereocenters. The molecular weight excluding hydrogens is 250 g/mol. The summed E-state index contributed by atoms with van der Waals surface area (Å²) in [6.07, 6.45) is 3.83. The lowest BCUT2D eigenvalue weighted by molar-refractivity contribution is 0.286. The number of rotatable bonds is 4. The zero-order chi connectivity index (χ0) is 13.8. The number of ether oxygens (including phenoxy) is 1. The third kappa shape index (κ3) is 2.59. The van der Waals surface area contributed by atoms with Gasteiger partial charge in [-0.3, -0.25) is 4.98 Å². The van der Waals surface area contributed by atoms with Gasteiger partial charge < -0.3 is 10.1 Å². The highest BCUT2D eigenvalue weighted by Gasteiger charge is 2.15. The van der Waals surface area contributed by atoms with E-state index in [2.05, 4.69) is 16.4 Å². The van der Waals surface area contributed by atoms with Crippen LogP contribution < -0.4 is 10.1 Å². The summed E-state index contributed by atoms with van der Waals surface area (Å²) in [5, 5.41) is 13.5. The van der Waals surface area contributed by atoms with E-state index in [0.717, 1.165) is 30.4 Å². The minimum atomic E-state index is 0.508. The van der Waals surface area contributed by atoms with Gasteiger partial charge in [0.1, 0.15) is 17.4 Å². The molecule has 4 heteroatoms. The first kappa shape index (κ1) is 12.9. The first-order valence-corrected chi connectivity index (χ1v) is 7.00. The van der Waals surface area contributed by atoms with Gasteiger partial charge in [-0.05, 0) is 44.0 Å². The van der Waals surface area contributed by atoms with Crippen LogP contribution in [0.1, 0.15) is 18.4 Å². The number of nitrogens with one attached hydrogen (secondary N) is 1. The molecule has 20 heavy (non-hydrogen) atoms. The molecule has 0 saturated carbocycles. The van der Waals surface area contributed by atoms with Crippen molar-refractivity contribution in [1.29, 1.82) is 5.26 Å². The van der Waals surface area contributed by atoms with Gasteiger partial charge in [-0.15, -0.1) is 0 Å². The zero-order valence-electron chi connectivity index (χ0n) is 11.3. The fourth-order valence-corrected chi connectivity index (χ4v) is 2.64. The van der Waals surface area contributed by atoms with E-state index >= 15 is 0 Å². The van der Waals surface area contributed by atoms with E-state index < -0.39 is 0 Å². The molecule has 0 radical (unpaired) electrons. The number of hydrogen-bond acceptors (Lipinski definition) is 4. The lowest BCUT2D eigenvalue weighted by atomic mass is 10.1. The summed E-state index contributed by atoms with van der Waals surface area (Å²) < 4.78 is 5.91. The average Bonchev–Trinajstić information content (AvgIpc) is 3.00. The maximum atomic E-state index is 9.21. The third-order valence-electron chi connectivity index (χ3n) is 3.78. The van der Waals surface area contributed by atoms with E-state index in [-0.39, 0.29) is 0 Å². The molecule has 1 unspecified atom stereocenters. The van der Waals surface area contributed by atoms with Crippen molar-refractivity contribution in [2.75, 3.05) is 19.7 Å². The average molecular weight is 267 g/mol. The van der Waals surface area contributed by atoms with Crippen molar-refractivity contribution in [2.24, 2.45) is 5.92 Å². The monoisotopic (exact) mass is 267 g/mol. The number of hydrogen-bond donors (Lipinski definition) is 1. The number of nitrogens with zero attached hydrogens (tertiary/aromatic N) is 2. The molecule has 3 rings (SSSR count). The summed E-state index contributed by atoms with van der Waals surface area (Å²) in [4.78, 5) is 4.29. The van der Waals surface area contributed by atoms with Gasteiger partial charge in [0.25, 0.3) is 0 Å². The predicted molar refractivity (Wildman–Crippen MR) is 77.5 cm³/mol. The van der Waals surface area contributed by atoms with Gasteiger partial charge in [0, 0.05) is 11.6 Å². The van der Waals surface area contributed by atoms with Crippen molar-refractivity contribution in [1.82, 2.24) is 10.3 Å². The Kier molecular flexibility index (Phi) is 3.80. The number of nitriles is 1. The second-order valence-electron chi connectivity index (χ2n) is 5.13. The maximum Gasteiger partial charge on any atom is 0.148 e. The van der Waals surface area contributed by atoms with E-state index in [1.807, 2.05) is 24.3 Å². The Morgan fingerprint density at radius 3 is 3.10 bits per heavy atom. The van der Waals surface area contributed by atoms with Crippen LogP contribution in [0.2, 0.25) is 0 Å². The van der Waals surface area contributed by atoms with Crippen LogP contribution >= 0.6 is 0 Å². The summed E-state index contributed by atoms with van der Waals surface area (Å²) >= 11 is 0. The molecular formula is C16H17N3O. The van der Waals surface area contributed by atoms with Crippen molar-refractivity contribution in [3.05, 3.63) is 36.0 Å². The highest BCUT2D eigenvalue weighted by atomic mass is 16.5. The molecule has 0 bridgehead atoms. The summed E-state index contributed by atoms with van der Waals surface area (Å²) in [6, 6.07) is 9.94. The SMILES string of the molecule is N#Cc1cnc2ccccc2c1OCCC1CCNC1. The smallest absolute Gasteiger partial charge is 0.148 e. The Morgan fingerprint density at radius 1 is 1.40 bits per heavy atom. The van der Waals surface area contributed by atoms with Gasteiger partial charge in [0.15, 0.2) is 0 Å². The molecule has 0 amide bonds. The van der Waals surface area contributed by atoms with Crippen LogP contribution in [-0.4, -0.2) is 24.7 Å². The molecule has 1 fully saturated rings. The number of pyridine rings is 1. The fraction of sp³-hybridized carbons (Fsp3) is 0.375. The predicted octanol–water partition coefficient (Wildman–Crippen LogP) is 2.48. The number of aromatic nitrogens is 1. The van der Waals surface area contributed by atoms with E-state index in [0.29, 0.717) is 23.8 Å². The highest BCUT2D eigenvalue weighted by molar-refractivity contribution is 5.87. The van der Waals surface area contributed by atoms with Gasteiger partial charge in [-0.1, -0.05) is 12.1 Å². The van der Waals surface area contributed by atoms with Crippen molar-refractivity contribution < 1.29 is 4.74 Å². The minimum Gasteiger partial charge on any atom is -0.491 e. The first-order chi connectivity index (χ1) is 9.88. The minimum absolute atomic E-state index is 0.508. The largest absolute Gasteiger partial charge is 0.491 e. The molecule has 1 aliphatic heterocycles. The first-order valence-electron chi connectivity index (χ1n) is 7.00. The van der Waals surface area contributed by atoms with Crippen molar-refractivity contribution in [3.8, 4) is 11.8 Å². The summed E-state index contributed by atoms with van der Waals surface area (Å²) in [5.74, 6) is 1.36. The lowest BCUT2D eigenvalue weighted by Gasteiger charge is -2.12. The van der Waals surface area contributed by atoms with Crippen molar-refractivity contribution >= 4 is 10.9 Å². The Bertz CT molecular complexity index is 642. The second-order valence-corrected chi connectivity index (χ2v) is 5.13. The molecule has 0 spiro atoms. The summed E-state index contributed by atoms with van der Waals surface area (Å²) in [6.45, 7) is 2.83. The van der Waals surface area contributed by atoms with Crippen LogP contribution in [-0.2, 0) is 0 Å². The van der Waals surface area contributed by atoms with Crippen LogP contribution in [0.15, 0.2) is 30.5 Å².